The van der Waals surface area contributed by atoms with Gasteiger partial charge in [-0.15, -0.1) is 0 Å². The molecule has 1 N–H and O–H groups in total. The van der Waals surface area contributed by atoms with Gasteiger partial charge in [-0.25, -0.2) is 8.42 Å². The largest absolute Gasteiger partial charge is 0.497 e. The zero-order valence-electron chi connectivity index (χ0n) is 21.5. The average molecular weight is 538 g/mol. The van der Waals surface area contributed by atoms with Crippen LogP contribution in [0.2, 0.25) is 5.02 Å². The topological polar surface area (TPSA) is 96.0 Å². The normalized spacial score (nSPS) is 12.9. The van der Waals surface area contributed by atoms with Gasteiger partial charge in [-0.2, -0.15) is 0 Å². The number of amides is 2. The van der Waals surface area contributed by atoms with E-state index >= 15 is 0 Å². The van der Waals surface area contributed by atoms with Gasteiger partial charge in [0.1, 0.15) is 11.8 Å². The summed E-state index contributed by atoms with van der Waals surface area (Å²) in [5, 5.41) is 3.36. The number of nitrogens with one attached hydrogen (secondary N) is 1. The smallest absolute Gasteiger partial charge is 0.242 e. The summed E-state index contributed by atoms with van der Waals surface area (Å²) in [6.45, 7) is 5.93. The molecule has 0 aliphatic rings. The number of hydrogen-bond acceptors (Lipinski definition) is 5. The third-order valence-corrected chi connectivity index (χ3v) is 7.36. The molecule has 0 heterocycles. The van der Waals surface area contributed by atoms with Gasteiger partial charge < -0.3 is 15.0 Å². The number of ether oxygens (including phenoxy) is 1. The predicted molar refractivity (Wildman–Crippen MR) is 144 cm³/mol. The first-order chi connectivity index (χ1) is 17.0. The molecule has 2 aromatic carbocycles. The number of halogens is 1. The number of benzene rings is 2. The highest BCUT2D eigenvalue weighted by Gasteiger charge is 2.27. The Balaban J connectivity index is 2.18. The van der Waals surface area contributed by atoms with E-state index in [1.807, 2.05) is 26.0 Å². The minimum Gasteiger partial charge on any atom is -0.497 e. The van der Waals surface area contributed by atoms with Gasteiger partial charge in [0.15, 0.2) is 0 Å². The molecular weight excluding hydrogens is 502 g/mol. The Labute approximate surface area is 219 Å². The maximum atomic E-state index is 13.3. The fourth-order valence-electron chi connectivity index (χ4n) is 3.61. The lowest BCUT2D eigenvalue weighted by Crippen LogP contribution is -2.49. The van der Waals surface area contributed by atoms with Crippen LogP contribution in [0.3, 0.4) is 0 Å². The van der Waals surface area contributed by atoms with Crippen LogP contribution < -0.4 is 14.4 Å². The van der Waals surface area contributed by atoms with Crippen LogP contribution in [0.4, 0.5) is 5.69 Å². The Bertz CT molecular complexity index is 1120. The third kappa shape index (κ3) is 8.71. The van der Waals surface area contributed by atoms with E-state index in [-0.39, 0.29) is 43.8 Å². The Hall–Kier alpha value is -2.78. The van der Waals surface area contributed by atoms with Crippen LogP contribution in [0.25, 0.3) is 0 Å². The maximum absolute atomic E-state index is 13.3. The summed E-state index contributed by atoms with van der Waals surface area (Å²) in [6, 6.07) is 13.2. The number of rotatable bonds is 13. The van der Waals surface area contributed by atoms with Gasteiger partial charge in [0, 0.05) is 30.6 Å². The number of sulfonamides is 1. The molecule has 2 rings (SSSR count). The average Bonchev–Trinajstić information content (AvgIpc) is 2.84. The second kappa shape index (κ2) is 13.5. The van der Waals surface area contributed by atoms with Crippen molar-refractivity contribution in [3.05, 3.63) is 59.1 Å². The van der Waals surface area contributed by atoms with Crippen molar-refractivity contribution < 1.29 is 22.7 Å². The van der Waals surface area contributed by atoms with E-state index in [9.17, 15) is 18.0 Å². The molecule has 198 valence electrons. The lowest BCUT2D eigenvalue weighted by Gasteiger charge is -2.30. The van der Waals surface area contributed by atoms with E-state index in [0.29, 0.717) is 16.5 Å². The summed E-state index contributed by atoms with van der Waals surface area (Å²) < 4.78 is 31.2. The number of carbonyl (C=O) groups is 2. The Kier molecular flexibility index (Phi) is 11.0. The molecule has 0 saturated carbocycles. The summed E-state index contributed by atoms with van der Waals surface area (Å²) in [5.41, 5.74) is 1.29. The van der Waals surface area contributed by atoms with E-state index in [0.717, 1.165) is 18.2 Å². The van der Waals surface area contributed by atoms with Gasteiger partial charge in [0.2, 0.25) is 21.8 Å². The first-order valence-electron chi connectivity index (χ1n) is 11.9. The zero-order valence-corrected chi connectivity index (χ0v) is 23.1. The van der Waals surface area contributed by atoms with Crippen LogP contribution >= 0.6 is 11.6 Å². The molecule has 0 fully saturated rings. The van der Waals surface area contributed by atoms with Crippen molar-refractivity contribution in [2.75, 3.05) is 24.2 Å². The number of methoxy groups -OCH3 is 1. The molecular formula is C26H36ClN3O5S. The quantitative estimate of drug-likeness (QED) is 0.412. The Morgan fingerprint density at radius 3 is 2.33 bits per heavy atom. The van der Waals surface area contributed by atoms with Gasteiger partial charge in [0.05, 0.1) is 19.1 Å². The molecule has 0 aliphatic carbocycles. The number of anilines is 1. The lowest BCUT2D eigenvalue weighted by molar-refractivity contribution is -0.140. The molecule has 0 saturated heterocycles. The van der Waals surface area contributed by atoms with Crippen LogP contribution in [0, 0.1) is 0 Å². The van der Waals surface area contributed by atoms with Crippen LogP contribution in [0.1, 0.15) is 45.6 Å². The van der Waals surface area contributed by atoms with E-state index in [1.54, 1.807) is 50.4 Å². The van der Waals surface area contributed by atoms with Crippen LogP contribution in [-0.4, -0.2) is 57.1 Å². The molecule has 0 bridgehead atoms. The van der Waals surface area contributed by atoms with Gasteiger partial charge >= 0.3 is 0 Å². The fraction of sp³-hybridized carbons (Fsp3) is 0.462. The van der Waals surface area contributed by atoms with Crippen LogP contribution in [0.15, 0.2) is 48.5 Å². The monoisotopic (exact) mass is 537 g/mol. The van der Waals surface area contributed by atoms with Crippen molar-refractivity contribution in [2.45, 2.75) is 58.7 Å². The van der Waals surface area contributed by atoms with E-state index in [2.05, 4.69) is 5.32 Å². The number of hydrogen-bond donors (Lipinski definition) is 1. The minimum absolute atomic E-state index is 0.0149. The van der Waals surface area contributed by atoms with Crippen molar-refractivity contribution in [3.8, 4) is 5.75 Å². The molecule has 10 heteroatoms. The highest BCUT2D eigenvalue weighted by molar-refractivity contribution is 7.92. The van der Waals surface area contributed by atoms with Gasteiger partial charge in [-0.1, -0.05) is 36.7 Å². The molecule has 0 unspecified atom stereocenters. The van der Waals surface area contributed by atoms with Crippen LogP contribution in [0.5, 0.6) is 5.75 Å². The lowest BCUT2D eigenvalue weighted by atomic mass is 10.1. The highest BCUT2D eigenvalue weighted by Crippen LogP contribution is 2.23. The number of nitrogens with zero attached hydrogens (tertiary/aromatic N) is 2. The predicted octanol–water partition coefficient (Wildman–Crippen LogP) is 4.23. The first-order valence-corrected chi connectivity index (χ1v) is 14.1. The Morgan fingerprint density at radius 2 is 1.78 bits per heavy atom. The molecule has 36 heavy (non-hydrogen) atoms. The maximum Gasteiger partial charge on any atom is 0.242 e. The fourth-order valence-corrected chi connectivity index (χ4v) is 4.75. The molecule has 2 aromatic rings. The minimum atomic E-state index is -3.58. The van der Waals surface area contributed by atoms with Crippen molar-refractivity contribution in [2.24, 2.45) is 0 Å². The third-order valence-electron chi connectivity index (χ3n) is 5.93. The molecule has 0 aromatic heterocycles. The van der Waals surface area contributed by atoms with E-state index in [1.165, 1.54) is 9.21 Å². The highest BCUT2D eigenvalue weighted by atomic mass is 35.5. The Morgan fingerprint density at radius 1 is 1.11 bits per heavy atom. The SMILES string of the molecule is CC[C@H](C)NC(=O)[C@H](C)N(Cc1ccc(OC)cc1)C(=O)CCCN(c1cccc(Cl)c1)S(C)(=O)=O. The summed E-state index contributed by atoms with van der Waals surface area (Å²) in [7, 11) is -2.00. The summed E-state index contributed by atoms with van der Waals surface area (Å²) in [6.07, 6.45) is 2.24. The van der Waals surface area contributed by atoms with Crippen molar-refractivity contribution >= 4 is 39.1 Å². The molecule has 0 spiro atoms. The molecule has 0 radical (unpaired) electrons. The molecule has 2 atom stereocenters. The molecule has 2 amide bonds. The van der Waals surface area contributed by atoms with E-state index < -0.39 is 16.1 Å². The van der Waals surface area contributed by atoms with E-state index in [4.69, 9.17) is 16.3 Å². The second-order valence-electron chi connectivity index (χ2n) is 8.78. The molecule has 8 nitrogen and oxygen atoms in total. The van der Waals surface area contributed by atoms with Crippen molar-refractivity contribution in [1.29, 1.82) is 0 Å². The molecule has 0 aliphatic heterocycles. The summed E-state index contributed by atoms with van der Waals surface area (Å²) in [5.74, 6) is 0.223. The summed E-state index contributed by atoms with van der Waals surface area (Å²) >= 11 is 6.04. The second-order valence-corrected chi connectivity index (χ2v) is 11.1. The van der Waals surface area contributed by atoms with Crippen molar-refractivity contribution in [3.63, 3.8) is 0 Å². The van der Waals surface area contributed by atoms with Crippen molar-refractivity contribution in [1.82, 2.24) is 10.2 Å². The zero-order chi connectivity index (χ0) is 26.9. The van der Waals surface area contributed by atoms with Gasteiger partial charge in [-0.05, 0) is 62.6 Å². The summed E-state index contributed by atoms with van der Waals surface area (Å²) in [4.78, 5) is 27.7. The van der Waals surface area contributed by atoms with Gasteiger partial charge in [0.25, 0.3) is 0 Å². The van der Waals surface area contributed by atoms with Crippen LogP contribution in [-0.2, 0) is 26.2 Å². The first kappa shape index (κ1) is 29.5. The van der Waals surface area contributed by atoms with Gasteiger partial charge in [-0.3, -0.25) is 13.9 Å². The standard InChI is InChI=1S/C26H36ClN3O5S/c1-6-19(2)28-26(32)20(3)29(18-21-12-14-24(35-4)15-13-21)25(31)11-8-16-30(36(5,33)34)23-10-7-9-22(27)17-23/h7,9-10,12-15,17,19-20H,6,8,11,16,18H2,1-5H3,(H,28,32)/t19-,20-/m0/s1. The number of carbonyl (C=O) groups excluding carboxylic acids is 2.